The van der Waals surface area contributed by atoms with Crippen molar-refractivity contribution < 1.29 is 29.0 Å². The molecule has 0 bridgehead atoms. The van der Waals surface area contributed by atoms with Crippen molar-refractivity contribution in [2.75, 3.05) is 51.3 Å². The molecular formula is C35H44N6O6. The number of carbonyl (C=O) groups excluding carboxylic acids is 2. The number of benzene rings is 2. The molecular weight excluding hydrogens is 600 g/mol. The Balaban J connectivity index is 1.11. The SMILES string of the molecule is COc1cc(-c2cn[nH]c2)ccc1CN(C(=O)[C@@H]1CCCN(c2cccc(OC(C)(C)C(=O)N3CCN(C(=O)O)CC3)c2)C1)C1CC1. The van der Waals surface area contributed by atoms with Crippen molar-refractivity contribution >= 4 is 23.6 Å². The number of hydrogen-bond acceptors (Lipinski definition) is 7. The summed E-state index contributed by atoms with van der Waals surface area (Å²) in [5.74, 6) is 1.20. The maximum Gasteiger partial charge on any atom is 0.407 e. The lowest BCUT2D eigenvalue weighted by Crippen LogP contribution is -2.56. The summed E-state index contributed by atoms with van der Waals surface area (Å²) in [5, 5.41) is 16.1. The Kier molecular flexibility index (Phi) is 9.28. The van der Waals surface area contributed by atoms with E-state index in [0.29, 0.717) is 31.9 Å². The molecule has 2 N–H and O–H groups in total. The van der Waals surface area contributed by atoms with Crippen LogP contribution < -0.4 is 14.4 Å². The zero-order valence-corrected chi connectivity index (χ0v) is 27.4. The number of piperidine rings is 1. The second kappa shape index (κ2) is 13.5. The number of carboxylic acid groups (broad SMARTS) is 1. The smallest absolute Gasteiger partial charge is 0.407 e. The fraction of sp³-hybridized carbons (Fsp3) is 0.486. The number of aromatic nitrogens is 2. The average molecular weight is 645 g/mol. The maximum atomic E-state index is 14.1. The molecule has 1 aromatic heterocycles. The van der Waals surface area contributed by atoms with Gasteiger partial charge in [0.1, 0.15) is 11.5 Å². The third-order valence-electron chi connectivity index (χ3n) is 9.41. The van der Waals surface area contributed by atoms with Crippen LogP contribution in [0.4, 0.5) is 10.5 Å². The van der Waals surface area contributed by atoms with Gasteiger partial charge in [-0.25, -0.2) is 4.79 Å². The Labute approximate surface area is 275 Å². The van der Waals surface area contributed by atoms with Gasteiger partial charge in [0.25, 0.3) is 5.91 Å². The van der Waals surface area contributed by atoms with E-state index in [4.69, 9.17) is 9.47 Å². The molecule has 0 radical (unpaired) electrons. The number of amides is 3. The van der Waals surface area contributed by atoms with Crippen LogP contribution in [-0.4, -0.2) is 106 Å². The summed E-state index contributed by atoms with van der Waals surface area (Å²) in [6, 6.07) is 14.1. The number of aromatic amines is 1. The number of methoxy groups -OCH3 is 1. The number of carbonyl (C=O) groups is 3. The predicted octanol–water partition coefficient (Wildman–Crippen LogP) is 4.47. The Morgan fingerprint density at radius 1 is 1.00 bits per heavy atom. The van der Waals surface area contributed by atoms with Gasteiger partial charge in [-0.3, -0.25) is 14.7 Å². The number of piperazine rings is 1. The molecule has 6 rings (SSSR count). The third-order valence-corrected chi connectivity index (χ3v) is 9.41. The second-order valence-corrected chi connectivity index (χ2v) is 13.2. The largest absolute Gasteiger partial charge is 0.496 e. The van der Waals surface area contributed by atoms with Crippen molar-refractivity contribution in [1.29, 1.82) is 0 Å². The van der Waals surface area contributed by atoms with E-state index in [1.165, 1.54) is 4.90 Å². The molecule has 3 aromatic rings. The lowest BCUT2D eigenvalue weighted by Gasteiger charge is -2.38. The van der Waals surface area contributed by atoms with Gasteiger partial charge in [-0.2, -0.15) is 5.10 Å². The molecule has 2 aromatic carbocycles. The van der Waals surface area contributed by atoms with Crippen molar-refractivity contribution in [2.24, 2.45) is 5.92 Å². The Bertz CT molecular complexity index is 1580. The van der Waals surface area contributed by atoms with Crippen molar-refractivity contribution in [1.82, 2.24) is 24.9 Å². The van der Waals surface area contributed by atoms with Crippen LogP contribution >= 0.6 is 0 Å². The highest BCUT2D eigenvalue weighted by atomic mass is 16.5. The van der Waals surface area contributed by atoms with Gasteiger partial charge in [0.15, 0.2) is 5.60 Å². The van der Waals surface area contributed by atoms with Crippen LogP contribution in [-0.2, 0) is 16.1 Å². The van der Waals surface area contributed by atoms with Gasteiger partial charge in [-0.15, -0.1) is 0 Å². The molecule has 3 amide bonds. The zero-order valence-electron chi connectivity index (χ0n) is 27.4. The minimum Gasteiger partial charge on any atom is -0.496 e. The van der Waals surface area contributed by atoms with Crippen molar-refractivity contribution in [3.63, 3.8) is 0 Å². The van der Waals surface area contributed by atoms with Crippen LogP contribution in [0, 0.1) is 5.92 Å². The number of H-pyrrole nitrogens is 1. The van der Waals surface area contributed by atoms with Crippen LogP contribution in [0.5, 0.6) is 11.5 Å². The second-order valence-electron chi connectivity index (χ2n) is 13.2. The van der Waals surface area contributed by atoms with E-state index >= 15 is 0 Å². The fourth-order valence-corrected chi connectivity index (χ4v) is 6.63. The number of anilines is 1. The van der Waals surface area contributed by atoms with Crippen LogP contribution in [0.1, 0.15) is 45.1 Å². The third kappa shape index (κ3) is 7.31. The number of nitrogens with zero attached hydrogens (tertiary/aromatic N) is 5. The lowest BCUT2D eigenvalue weighted by atomic mass is 9.95. The normalized spacial score (nSPS) is 18.5. The van der Waals surface area contributed by atoms with Crippen LogP contribution in [0.25, 0.3) is 11.1 Å². The van der Waals surface area contributed by atoms with Gasteiger partial charge < -0.3 is 34.2 Å². The summed E-state index contributed by atoms with van der Waals surface area (Å²) < 4.78 is 12.0. The van der Waals surface area contributed by atoms with Crippen molar-refractivity contribution in [3.8, 4) is 22.6 Å². The van der Waals surface area contributed by atoms with E-state index < -0.39 is 11.7 Å². The maximum absolute atomic E-state index is 14.1. The molecule has 1 atom stereocenters. The van der Waals surface area contributed by atoms with Crippen molar-refractivity contribution in [2.45, 2.75) is 57.7 Å². The summed E-state index contributed by atoms with van der Waals surface area (Å²) in [4.78, 5) is 46.0. The summed E-state index contributed by atoms with van der Waals surface area (Å²) in [7, 11) is 1.66. The van der Waals surface area contributed by atoms with E-state index in [-0.39, 0.29) is 36.9 Å². The fourth-order valence-electron chi connectivity index (χ4n) is 6.63. The predicted molar refractivity (Wildman–Crippen MR) is 176 cm³/mol. The monoisotopic (exact) mass is 644 g/mol. The highest BCUT2D eigenvalue weighted by Crippen LogP contribution is 2.36. The number of ether oxygens (including phenoxy) is 2. The van der Waals surface area contributed by atoms with E-state index in [9.17, 15) is 19.5 Å². The van der Waals surface area contributed by atoms with E-state index in [0.717, 1.165) is 60.4 Å². The van der Waals surface area contributed by atoms with E-state index in [2.05, 4.69) is 15.1 Å². The molecule has 2 aliphatic heterocycles. The van der Waals surface area contributed by atoms with Gasteiger partial charge >= 0.3 is 6.09 Å². The first kappa shape index (κ1) is 32.2. The summed E-state index contributed by atoms with van der Waals surface area (Å²) in [6.07, 6.45) is 6.42. The molecule has 0 spiro atoms. The molecule has 1 aliphatic carbocycles. The molecule has 3 fully saturated rings. The quantitative estimate of drug-likeness (QED) is 0.331. The Hall–Kier alpha value is -4.74. The molecule has 3 heterocycles. The van der Waals surface area contributed by atoms with Crippen LogP contribution in [0.2, 0.25) is 0 Å². The topological polar surface area (TPSA) is 132 Å². The van der Waals surface area contributed by atoms with Gasteiger partial charge in [0.05, 0.1) is 19.2 Å². The molecule has 0 unspecified atom stereocenters. The van der Waals surface area contributed by atoms with E-state index in [1.54, 1.807) is 32.1 Å². The summed E-state index contributed by atoms with van der Waals surface area (Å²) in [5.41, 5.74) is 2.79. The lowest BCUT2D eigenvalue weighted by molar-refractivity contribution is -0.147. The minimum atomic E-state index is -1.13. The Morgan fingerprint density at radius 3 is 2.45 bits per heavy atom. The minimum absolute atomic E-state index is 0.132. The first-order valence-corrected chi connectivity index (χ1v) is 16.4. The van der Waals surface area contributed by atoms with E-state index in [1.807, 2.05) is 53.6 Å². The molecule has 1 saturated carbocycles. The molecule has 12 heteroatoms. The first-order chi connectivity index (χ1) is 22.6. The highest BCUT2D eigenvalue weighted by Gasteiger charge is 2.39. The molecule has 12 nitrogen and oxygen atoms in total. The van der Waals surface area contributed by atoms with Gasteiger partial charge in [-0.1, -0.05) is 18.2 Å². The van der Waals surface area contributed by atoms with Gasteiger partial charge in [0, 0.05) is 80.9 Å². The van der Waals surface area contributed by atoms with Crippen molar-refractivity contribution in [3.05, 3.63) is 60.4 Å². The first-order valence-electron chi connectivity index (χ1n) is 16.4. The van der Waals surface area contributed by atoms with Gasteiger partial charge in [-0.05, 0) is 63.3 Å². The molecule has 3 aliphatic rings. The number of rotatable bonds is 10. The standard InChI is InChI=1S/C35H44N6O6/c1-35(2,33(43)38-14-16-39(17-15-38)34(44)45)47-30-8-4-7-29(19-30)40-13-5-6-26(22-40)32(42)41(28-11-12-28)23-25-10-9-24(18-31(25)46-3)27-20-36-37-21-27/h4,7-10,18-21,26,28H,5-6,11-17,22-23H2,1-3H3,(H,36,37)(H,44,45)/t26-/m1/s1. The number of nitrogens with one attached hydrogen (secondary N) is 1. The molecule has 250 valence electrons. The number of hydrogen-bond donors (Lipinski definition) is 2. The van der Waals surface area contributed by atoms with Crippen LogP contribution in [0.15, 0.2) is 54.9 Å². The zero-order chi connectivity index (χ0) is 33.1. The van der Waals surface area contributed by atoms with Crippen LogP contribution in [0.3, 0.4) is 0 Å². The average Bonchev–Trinajstić information content (AvgIpc) is 3.78. The Morgan fingerprint density at radius 2 is 1.77 bits per heavy atom. The molecule has 47 heavy (non-hydrogen) atoms. The summed E-state index contributed by atoms with van der Waals surface area (Å²) >= 11 is 0. The van der Waals surface area contributed by atoms with Gasteiger partial charge in [0.2, 0.25) is 5.91 Å². The summed E-state index contributed by atoms with van der Waals surface area (Å²) in [6.45, 7) is 6.67. The molecule has 2 saturated heterocycles. The highest BCUT2D eigenvalue weighted by molar-refractivity contribution is 5.85.